The van der Waals surface area contributed by atoms with E-state index < -0.39 is 0 Å². The summed E-state index contributed by atoms with van der Waals surface area (Å²) in [6.07, 6.45) is 7.89. The van der Waals surface area contributed by atoms with Gasteiger partial charge in [-0.1, -0.05) is 36.4 Å². The summed E-state index contributed by atoms with van der Waals surface area (Å²) in [7, 11) is 0. The Hall–Kier alpha value is -3.80. The number of hydrogen-bond donors (Lipinski definition) is 1. The van der Waals surface area contributed by atoms with Gasteiger partial charge in [-0.25, -0.2) is 4.98 Å². The standard InChI is InChI=1S/C27H21N5OS2/c28-14-18(25-29-26(33)23-20-9-4-5-10-21(20)35-27(23)30-25)13-19-16-32(15-17-7-2-1-3-8-17)31-24(19)22-11-6-12-34-22/h1-3,6-8,11-13,16H,4-5,9-10,15H2,(H,29,30,33)/b18-13+. The van der Waals surface area contributed by atoms with Gasteiger partial charge in [-0.15, -0.1) is 22.7 Å². The van der Waals surface area contributed by atoms with Gasteiger partial charge in [-0.2, -0.15) is 10.4 Å². The van der Waals surface area contributed by atoms with Crippen molar-refractivity contribution in [3.8, 4) is 16.6 Å². The third-order valence-corrected chi connectivity index (χ3v) is 8.29. The van der Waals surface area contributed by atoms with Crippen molar-refractivity contribution in [3.05, 3.63) is 91.8 Å². The maximum Gasteiger partial charge on any atom is 0.260 e. The number of nitriles is 1. The van der Waals surface area contributed by atoms with Crippen molar-refractivity contribution < 1.29 is 0 Å². The Balaban J connectivity index is 1.44. The van der Waals surface area contributed by atoms with Gasteiger partial charge in [0.25, 0.3) is 5.56 Å². The van der Waals surface area contributed by atoms with Gasteiger partial charge in [-0.05, 0) is 54.3 Å². The van der Waals surface area contributed by atoms with E-state index in [2.05, 4.69) is 23.2 Å². The van der Waals surface area contributed by atoms with Gasteiger partial charge >= 0.3 is 0 Å². The Morgan fingerprint density at radius 3 is 2.83 bits per heavy atom. The fourth-order valence-corrected chi connectivity index (χ4v) is 6.59. The molecule has 35 heavy (non-hydrogen) atoms. The number of thiophene rings is 2. The van der Waals surface area contributed by atoms with Crippen LogP contribution in [-0.4, -0.2) is 19.7 Å². The highest BCUT2D eigenvalue weighted by Crippen LogP contribution is 2.34. The quantitative estimate of drug-likeness (QED) is 0.308. The molecule has 0 atom stereocenters. The van der Waals surface area contributed by atoms with Crippen LogP contribution in [0.15, 0.2) is 58.8 Å². The molecule has 6 nitrogen and oxygen atoms in total. The van der Waals surface area contributed by atoms with Crippen LogP contribution in [0.25, 0.3) is 32.4 Å². The highest BCUT2D eigenvalue weighted by atomic mass is 32.1. The topological polar surface area (TPSA) is 87.4 Å². The zero-order chi connectivity index (χ0) is 23.8. The summed E-state index contributed by atoms with van der Waals surface area (Å²) in [5.74, 6) is 0.302. The van der Waals surface area contributed by atoms with Crippen molar-refractivity contribution in [2.75, 3.05) is 0 Å². The Kier molecular flexibility index (Phi) is 5.64. The molecule has 0 spiro atoms. The number of aryl methyl sites for hydroxylation is 2. The molecule has 5 aromatic rings. The molecule has 1 N–H and O–H groups in total. The summed E-state index contributed by atoms with van der Waals surface area (Å²) < 4.78 is 1.89. The Labute approximate surface area is 209 Å². The second-order valence-electron chi connectivity index (χ2n) is 8.57. The first-order chi connectivity index (χ1) is 17.2. The monoisotopic (exact) mass is 495 g/mol. The van der Waals surface area contributed by atoms with Gasteiger partial charge in [0.2, 0.25) is 0 Å². The van der Waals surface area contributed by atoms with Crippen LogP contribution >= 0.6 is 22.7 Å². The maximum absolute atomic E-state index is 13.0. The molecule has 1 aromatic carbocycles. The molecule has 6 rings (SSSR count). The molecule has 0 radical (unpaired) electrons. The number of fused-ring (bicyclic) bond motifs is 3. The molecule has 4 heterocycles. The van der Waals surface area contributed by atoms with E-state index >= 15 is 0 Å². The number of aromatic nitrogens is 4. The second-order valence-corrected chi connectivity index (χ2v) is 10.6. The molecular weight excluding hydrogens is 474 g/mol. The van der Waals surface area contributed by atoms with Crippen LogP contribution in [0.4, 0.5) is 0 Å². The van der Waals surface area contributed by atoms with Crippen LogP contribution in [0.5, 0.6) is 0 Å². The average molecular weight is 496 g/mol. The predicted molar refractivity (Wildman–Crippen MR) is 141 cm³/mol. The third kappa shape index (κ3) is 4.14. The Morgan fingerprint density at radius 1 is 1.17 bits per heavy atom. The summed E-state index contributed by atoms with van der Waals surface area (Å²) in [6.45, 7) is 0.622. The molecule has 0 unspecified atom stereocenters. The van der Waals surface area contributed by atoms with E-state index in [0.29, 0.717) is 23.3 Å². The average Bonchev–Trinajstić information content (AvgIpc) is 3.61. The largest absolute Gasteiger partial charge is 0.305 e. The first-order valence-electron chi connectivity index (χ1n) is 11.5. The second kappa shape index (κ2) is 9.10. The number of H-pyrrole nitrogens is 1. The number of allylic oxidation sites excluding steroid dienone is 1. The number of nitrogens with one attached hydrogen (secondary N) is 1. The van der Waals surface area contributed by atoms with Crippen molar-refractivity contribution in [1.82, 2.24) is 19.7 Å². The minimum Gasteiger partial charge on any atom is -0.305 e. The van der Waals surface area contributed by atoms with Gasteiger partial charge < -0.3 is 4.98 Å². The third-order valence-electron chi connectivity index (χ3n) is 6.23. The fourth-order valence-electron chi connectivity index (χ4n) is 4.60. The molecule has 0 saturated heterocycles. The number of hydrogen-bond acceptors (Lipinski definition) is 6. The fraction of sp³-hybridized carbons (Fsp3) is 0.185. The van der Waals surface area contributed by atoms with Gasteiger partial charge in [0.1, 0.15) is 16.6 Å². The summed E-state index contributed by atoms with van der Waals surface area (Å²) in [6, 6.07) is 16.4. The van der Waals surface area contributed by atoms with Crippen LogP contribution in [0.3, 0.4) is 0 Å². The first kappa shape index (κ1) is 21.7. The van der Waals surface area contributed by atoms with Gasteiger partial charge in [0.05, 0.1) is 22.4 Å². The lowest BCUT2D eigenvalue weighted by atomic mass is 9.97. The molecule has 172 valence electrons. The van der Waals surface area contributed by atoms with Crippen LogP contribution < -0.4 is 5.56 Å². The van der Waals surface area contributed by atoms with E-state index in [9.17, 15) is 10.1 Å². The molecule has 4 aromatic heterocycles. The highest BCUT2D eigenvalue weighted by molar-refractivity contribution is 7.18. The van der Waals surface area contributed by atoms with Crippen molar-refractivity contribution in [3.63, 3.8) is 0 Å². The van der Waals surface area contributed by atoms with Crippen LogP contribution in [0, 0.1) is 11.3 Å². The van der Waals surface area contributed by atoms with Crippen molar-refractivity contribution >= 4 is 44.5 Å². The molecule has 0 aliphatic heterocycles. The minimum atomic E-state index is -0.163. The van der Waals surface area contributed by atoms with Gasteiger partial charge in [0.15, 0.2) is 5.82 Å². The molecule has 1 aliphatic rings. The van der Waals surface area contributed by atoms with E-state index in [4.69, 9.17) is 10.1 Å². The van der Waals surface area contributed by atoms with E-state index in [1.54, 1.807) is 28.7 Å². The summed E-state index contributed by atoms with van der Waals surface area (Å²) in [5.41, 5.74) is 4.05. The van der Waals surface area contributed by atoms with E-state index in [1.807, 2.05) is 46.6 Å². The molecule has 1 aliphatic carbocycles. The summed E-state index contributed by atoms with van der Waals surface area (Å²) in [4.78, 5) is 23.6. The molecule has 0 fully saturated rings. The van der Waals surface area contributed by atoms with Gasteiger partial charge in [-0.3, -0.25) is 9.48 Å². The minimum absolute atomic E-state index is 0.163. The van der Waals surface area contributed by atoms with Crippen molar-refractivity contribution in [2.24, 2.45) is 0 Å². The van der Waals surface area contributed by atoms with Crippen LogP contribution in [-0.2, 0) is 19.4 Å². The lowest BCUT2D eigenvalue weighted by Gasteiger charge is -2.09. The maximum atomic E-state index is 13.0. The Bertz CT molecular complexity index is 1650. The molecule has 8 heteroatoms. The molecule has 0 bridgehead atoms. The highest BCUT2D eigenvalue weighted by Gasteiger charge is 2.21. The SMILES string of the molecule is N#C/C(=C\c1cn(Cc2ccccc2)nc1-c1cccs1)c1nc2sc3c(c2c(=O)[nH]1)CCCC3. The van der Waals surface area contributed by atoms with E-state index in [-0.39, 0.29) is 5.56 Å². The first-order valence-corrected chi connectivity index (χ1v) is 13.2. The van der Waals surface area contributed by atoms with E-state index in [1.165, 1.54) is 4.88 Å². The van der Waals surface area contributed by atoms with Crippen molar-refractivity contribution in [2.45, 2.75) is 32.2 Å². The predicted octanol–water partition coefficient (Wildman–Crippen LogP) is 5.90. The summed E-state index contributed by atoms with van der Waals surface area (Å²) >= 11 is 3.19. The molecular formula is C27H21N5OS2. The smallest absolute Gasteiger partial charge is 0.260 e. The molecule has 0 amide bonds. The number of benzene rings is 1. The Morgan fingerprint density at radius 2 is 2.03 bits per heavy atom. The number of aromatic amines is 1. The normalized spacial score (nSPS) is 13.6. The van der Waals surface area contributed by atoms with E-state index in [0.717, 1.165) is 57.8 Å². The zero-order valence-electron chi connectivity index (χ0n) is 18.8. The lowest BCUT2D eigenvalue weighted by Crippen LogP contribution is -2.12. The number of rotatable bonds is 5. The molecule has 0 saturated carbocycles. The number of nitrogens with zero attached hydrogens (tertiary/aromatic N) is 4. The lowest BCUT2D eigenvalue weighted by molar-refractivity contribution is 0.689. The van der Waals surface area contributed by atoms with Gasteiger partial charge in [0, 0.05) is 16.6 Å². The summed E-state index contributed by atoms with van der Waals surface area (Å²) in [5, 5.41) is 17.6. The van der Waals surface area contributed by atoms with Crippen molar-refractivity contribution in [1.29, 1.82) is 5.26 Å². The van der Waals surface area contributed by atoms with Crippen LogP contribution in [0.1, 0.15) is 40.2 Å². The van der Waals surface area contributed by atoms with Crippen LogP contribution in [0.2, 0.25) is 0 Å². The zero-order valence-corrected chi connectivity index (χ0v) is 20.5.